The largest absolute Gasteiger partial charge is 0.293 e. The van der Waals surface area contributed by atoms with Crippen LogP contribution in [0.15, 0.2) is 20.7 Å². The summed E-state index contributed by atoms with van der Waals surface area (Å²) in [6.45, 7) is 4.74. The second-order valence-corrected chi connectivity index (χ2v) is 9.95. The summed E-state index contributed by atoms with van der Waals surface area (Å²) in [5, 5.41) is 0.608. The Morgan fingerprint density at radius 3 is 2.65 bits per heavy atom. The van der Waals surface area contributed by atoms with E-state index in [9.17, 15) is 4.79 Å². The van der Waals surface area contributed by atoms with E-state index in [1.165, 1.54) is 42.2 Å². The molecule has 4 aliphatic carbocycles. The number of hydrogen-bond donors (Lipinski definition) is 0. The normalized spacial score (nSPS) is 45.5. The van der Waals surface area contributed by atoms with Gasteiger partial charge < -0.3 is 0 Å². The number of ketones is 1. The molecule has 0 radical (unpaired) electrons. The summed E-state index contributed by atoms with van der Waals surface area (Å²) >= 11 is 10.2. The molecule has 0 amide bonds. The highest BCUT2D eigenvalue weighted by Gasteiger charge is 2.55. The van der Waals surface area contributed by atoms with Crippen molar-refractivity contribution in [2.75, 3.05) is 0 Å². The van der Waals surface area contributed by atoms with Gasteiger partial charge in [-0.25, -0.2) is 0 Å². The van der Waals surface area contributed by atoms with Crippen LogP contribution >= 0.6 is 27.5 Å². The highest BCUT2D eigenvalue weighted by atomic mass is 79.9. The molecule has 126 valence electrons. The number of carbonyl (C=O) groups excluding carboxylic acids is 1. The number of Topliss-reactive ketones (excluding diaryl/α,β-unsaturated/α-hetero) is 1. The predicted octanol–water partition coefficient (Wildman–Crippen LogP) is 6.36. The van der Waals surface area contributed by atoms with Crippen LogP contribution in [0.25, 0.3) is 0 Å². The Morgan fingerprint density at radius 2 is 1.91 bits per heavy atom. The van der Waals surface area contributed by atoms with Crippen molar-refractivity contribution in [2.45, 2.75) is 65.2 Å². The van der Waals surface area contributed by atoms with E-state index in [0.717, 1.165) is 30.6 Å². The van der Waals surface area contributed by atoms with Gasteiger partial charge >= 0.3 is 0 Å². The monoisotopic (exact) mass is 396 g/mol. The third-order valence-corrected chi connectivity index (χ3v) is 8.55. The van der Waals surface area contributed by atoms with E-state index >= 15 is 0 Å². The Balaban J connectivity index is 1.67. The molecule has 0 N–H and O–H groups in total. The van der Waals surface area contributed by atoms with Gasteiger partial charge in [0.2, 0.25) is 0 Å². The Bertz CT molecular complexity index is 615. The van der Waals surface area contributed by atoms with E-state index < -0.39 is 0 Å². The maximum Gasteiger partial charge on any atom is 0.174 e. The molecule has 4 aliphatic rings. The third kappa shape index (κ3) is 2.34. The fourth-order valence-corrected chi connectivity index (χ4v) is 7.59. The van der Waals surface area contributed by atoms with Gasteiger partial charge in [-0.15, -0.1) is 0 Å². The molecule has 0 aromatic heterocycles. The van der Waals surface area contributed by atoms with Crippen LogP contribution in [0.1, 0.15) is 65.2 Å². The van der Waals surface area contributed by atoms with Crippen LogP contribution < -0.4 is 0 Å². The maximum atomic E-state index is 12.0. The summed E-state index contributed by atoms with van der Waals surface area (Å²) in [7, 11) is 0. The fourth-order valence-electron chi connectivity index (χ4n) is 6.61. The van der Waals surface area contributed by atoms with Gasteiger partial charge in [0.1, 0.15) is 0 Å². The molecule has 23 heavy (non-hydrogen) atoms. The van der Waals surface area contributed by atoms with Gasteiger partial charge in [0.05, 0.1) is 5.03 Å². The zero-order valence-electron chi connectivity index (χ0n) is 14.1. The quantitative estimate of drug-likeness (QED) is 0.464. The summed E-state index contributed by atoms with van der Waals surface area (Å²) < 4.78 is 1.38. The first-order valence-electron chi connectivity index (χ1n) is 9.21. The van der Waals surface area contributed by atoms with E-state index in [2.05, 4.69) is 29.8 Å². The van der Waals surface area contributed by atoms with Crippen LogP contribution in [0.5, 0.6) is 0 Å². The first-order chi connectivity index (χ1) is 10.9. The summed E-state index contributed by atoms with van der Waals surface area (Å²) in [4.78, 5) is 12.0. The average Bonchev–Trinajstić information content (AvgIpc) is 2.88. The number of allylic oxidation sites excluding steroid dienone is 3. The fraction of sp³-hybridized carbons (Fsp3) is 0.750. The molecular formula is C20H26BrClO. The molecule has 0 aliphatic heterocycles. The van der Waals surface area contributed by atoms with Crippen molar-refractivity contribution in [1.29, 1.82) is 0 Å². The van der Waals surface area contributed by atoms with Gasteiger partial charge in [0, 0.05) is 6.42 Å². The molecule has 0 aromatic rings. The Kier molecular flexibility index (Phi) is 4.08. The molecule has 3 heteroatoms. The SMILES string of the molecule is C/C(Br)=C1\CC[C@H]2[C@@H]3CCC4=C(Cl)C(=O)CC[C@@H]4[C@H]3CC[C@]12C. The lowest BCUT2D eigenvalue weighted by Crippen LogP contribution is -2.45. The minimum absolute atomic E-state index is 0.193. The van der Waals surface area contributed by atoms with Gasteiger partial charge in [-0.1, -0.05) is 40.0 Å². The molecule has 0 unspecified atom stereocenters. The highest BCUT2D eigenvalue weighted by Crippen LogP contribution is 2.64. The smallest absolute Gasteiger partial charge is 0.174 e. The second kappa shape index (κ2) is 5.73. The van der Waals surface area contributed by atoms with E-state index in [-0.39, 0.29) is 5.78 Å². The van der Waals surface area contributed by atoms with Gasteiger partial charge in [0.15, 0.2) is 5.78 Å². The van der Waals surface area contributed by atoms with Crippen LogP contribution in [0.3, 0.4) is 0 Å². The Labute approximate surface area is 153 Å². The van der Waals surface area contributed by atoms with Crippen molar-refractivity contribution in [3.05, 3.63) is 20.7 Å². The summed E-state index contributed by atoms with van der Waals surface area (Å²) in [6, 6.07) is 0. The van der Waals surface area contributed by atoms with Gasteiger partial charge in [0.25, 0.3) is 0 Å². The molecule has 0 saturated heterocycles. The predicted molar refractivity (Wildman–Crippen MR) is 98.5 cm³/mol. The maximum absolute atomic E-state index is 12.0. The van der Waals surface area contributed by atoms with E-state index in [1.807, 2.05) is 0 Å². The standard InChI is InChI=1S/C20H26BrClO/c1-11(21)16-6-7-17-14-3-4-15-12(5-8-18(23)19(15)22)13(14)9-10-20(16,17)2/h12-14,17H,3-10H2,1-2H3/b16-11-/t12-,13-,14-,17+,20-/m1/s1. The van der Waals surface area contributed by atoms with E-state index in [0.29, 0.717) is 22.8 Å². The molecule has 1 nitrogen and oxygen atoms in total. The lowest BCUT2D eigenvalue weighted by Gasteiger charge is -2.53. The third-order valence-electron chi connectivity index (χ3n) is 7.61. The average molecular weight is 398 g/mol. The first kappa shape index (κ1) is 16.4. The summed E-state index contributed by atoms with van der Waals surface area (Å²) in [5.74, 6) is 3.24. The molecule has 3 fully saturated rings. The van der Waals surface area contributed by atoms with Gasteiger partial charge in [-0.2, -0.15) is 0 Å². The molecule has 0 bridgehead atoms. The van der Waals surface area contributed by atoms with Crippen LogP contribution in [0.2, 0.25) is 0 Å². The minimum atomic E-state index is 0.193. The van der Waals surface area contributed by atoms with Gasteiger partial charge in [-0.3, -0.25) is 4.79 Å². The van der Waals surface area contributed by atoms with Crippen molar-refractivity contribution < 1.29 is 4.79 Å². The first-order valence-corrected chi connectivity index (χ1v) is 10.4. The minimum Gasteiger partial charge on any atom is -0.293 e. The van der Waals surface area contributed by atoms with Crippen LogP contribution in [-0.4, -0.2) is 5.78 Å². The lowest BCUT2D eigenvalue weighted by atomic mass is 9.52. The molecule has 0 aromatic carbocycles. The van der Waals surface area contributed by atoms with Crippen LogP contribution in [-0.2, 0) is 4.79 Å². The lowest BCUT2D eigenvalue weighted by molar-refractivity contribution is -0.116. The Morgan fingerprint density at radius 1 is 1.13 bits per heavy atom. The number of fused-ring (bicyclic) bond motifs is 5. The van der Waals surface area contributed by atoms with Crippen molar-refractivity contribution in [3.63, 3.8) is 0 Å². The molecular weight excluding hydrogens is 372 g/mol. The molecule has 4 rings (SSSR count). The molecule has 5 atom stereocenters. The molecule has 0 spiro atoms. The second-order valence-electron chi connectivity index (χ2n) is 8.39. The number of hydrogen-bond acceptors (Lipinski definition) is 1. The van der Waals surface area contributed by atoms with Crippen LogP contribution in [0.4, 0.5) is 0 Å². The van der Waals surface area contributed by atoms with Crippen molar-refractivity contribution in [3.8, 4) is 0 Å². The number of carbonyl (C=O) groups is 1. The zero-order valence-corrected chi connectivity index (χ0v) is 16.5. The van der Waals surface area contributed by atoms with Crippen molar-refractivity contribution in [2.24, 2.45) is 29.1 Å². The van der Waals surface area contributed by atoms with E-state index in [1.54, 1.807) is 5.57 Å². The highest BCUT2D eigenvalue weighted by molar-refractivity contribution is 9.11. The number of rotatable bonds is 0. The Hall–Kier alpha value is -0.0800. The molecule has 0 heterocycles. The van der Waals surface area contributed by atoms with Gasteiger partial charge in [-0.05, 0) is 91.0 Å². The summed E-state index contributed by atoms with van der Waals surface area (Å²) in [6.07, 6.45) is 9.28. The van der Waals surface area contributed by atoms with E-state index in [4.69, 9.17) is 11.6 Å². The van der Waals surface area contributed by atoms with Crippen molar-refractivity contribution in [1.82, 2.24) is 0 Å². The molecule has 3 saturated carbocycles. The van der Waals surface area contributed by atoms with Crippen molar-refractivity contribution >= 4 is 33.3 Å². The topological polar surface area (TPSA) is 17.1 Å². The zero-order chi connectivity index (χ0) is 16.4. The number of halogens is 2. The van der Waals surface area contributed by atoms with Crippen LogP contribution in [0, 0.1) is 29.1 Å². The summed E-state index contributed by atoms with van der Waals surface area (Å²) in [5.41, 5.74) is 3.40.